The molecule has 6 heteroatoms. The van der Waals surface area contributed by atoms with Gasteiger partial charge in [-0.1, -0.05) is 0 Å². The van der Waals surface area contributed by atoms with E-state index >= 15 is 0 Å². The SMILES string of the molecule is CCOC(=O)c1c(NC(=O)C23CC4CC(CC2C4)C3)sc2c1CCOC2. The second-order valence-corrected chi connectivity index (χ2v) is 9.49. The minimum atomic E-state index is -0.322. The molecule has 2 heterocycles. The molecule has 0 radical (unpaired) electrons. The molecule has 4 bridgehead atoms. The van der Waals surface area contributed by atoms with Crippen molar-refractivity contribution in [2.75, 3.05) is 18.5 Å². The minimum absolute atomic E-state index is 0.136. The molecule has 6 rings (SSSR count). The second kappa shape index (κ2) is 6.06. The van der Waals surface area contributed by atoms with Gasteiger partial charge in [0.2, 0.25) is 5.91 Å². The van der Waals surface area contributed by atoms with Crippen LogP contribution in [0.25, 0.3) is 0 Å². The number of esters is 1. The van der Waals surface area contributed by atoms with Crippen molar-refractivity contribution < 1.29 is 19.1 Å². The maximum absolute atomic E-state index is 13.3. The second-order valence-electron chi connectivity index (χ2n) is 8.39. The van der Waals surface area contributed by atoms with Crippen molar-refractivity contribution in [3.8, 4) is 0 Å². The summed E-state index contributed by atoms with van der Waals surface area (Å²) in [5.74, 6) is 1.81. The van der Waals surface area contributed by atoms with E-state index in [4.69, 9.17) is 9.47 Å². The number of thiophene rings is 1. The van der Waals surface area contributed by atoms with Gasteiger partial charge >= 0.3 is 5.97 Å². The topological polar surface area (TPSA) is 64.6 Å². The van der Waals surface area contributed by atoms with Gasteiger partial charge < -0.3 is 14.8 Å². The maximum Gasteiger partial charge on any atom is 0.341 e. The van der Waals surface area contributed by atoms with Crippen molar-refractivity contribution in [3.05, 3.63) is 16.0 Å². The van der Waals surface area contributed by atoms with Crippen LogP contribution in [-0.4, -0.2) is 25.1 Å². The standard InChI is InChI=1S/C20H25NO4S/c1-2-25-18(22)16-14-3-4-24-10-15(14)26-17(16)21-19(23)20-8-11-5-12(9-20)7-13(20)6-11/h11-13H,2-10H2,1H3,(H,21,23). The van der Waals surface area contributed by atoms with Crippen molar-refractivity contribution in [1.29, 1.82) is 0 Å². The monoisotopic (exact) mass is 375 g/mol. The summed E-state index contributed by atoms with van der Waals surface area (Å²) in [5.41, 5.74) is 1.38. The Kier molecular flexibility index (Phi) is 3.90. The zero-order valence-electron chi connectivity index (χ0n) is 15.1. The van der Waals surface area contributed by atoms with Crippen LogP contribution in [0.15, 0.2) is 0 Å². The van der Waals surface area contributed by atoms with Crippen LogP contribution >= 0.6 is 11.3 Å². The quantitative estimate of drug-likeness (QED) is 0.814. The molecule has 1 aliphatic heterocycles. The summed E-state index contributed by atoms with van der Waals surface area (Å²) in [6, 6.07) is 0. The molecule has 140 valence electrons. The van der Waals surface area contributed by atoms with Gasteiger partial charge in [-0.05, 0) is 68.8 Å². The summed E-state index contributed by atoms with van der Waals surface area (Å²) in [4.78, 5) is 27.0. The van der Waals surface area contributed by atoms with Crippen LogP contribution in [0.1, 0.15) is 59.8 Å². The Morgan fingerprint density at radius 3 is 2.77 bits per heavy atom. The highest BCUT2D eigenvalue weighted by atomic mass is 32.1. The Morgan fingerprint density at radius 2 is 2.04 bits per heavy atom. The van der Waals surface area contributed by atoms with Gasteiger partial charge in [0.05, 0.1) is 30.8 Å². The van der Waals surface area contributed by atoms with E-state index in [2.05, 4.69) is 5.32 Å². The number of amides is 1. The lowest BCUT2D eigenvalue weighted by Gasteiger charge is -2.31. The Bertz CT molecular complexity index is 756. The smallest absolute Gasteiger partial charge is 0.341 e. The molecule has 2 unspecified atom stereocenters. The van der Waals surface area contributed by atoms with Crippen LogP contribution < -0.4 is 5.32 Å². The minimum Gasteiger partial charge on any atom is -0.462 e. The summed E-state index contributed by atoms with van der Waals surface area (Å²) in [7, 11) is 0. The average Bonchev–Trinajstić information content (AvgIpc) is 3.19. The first-order chi connectivity index (χ1) is 12.6. The van der Waals surface area contributed by atoms with Crippen molar-refractivity contribution >= 4 is 28.2 Å². The van der Waals surface area contributed by atoms with Crippen LogP contribution in [0.2, 0.25) is 0 Å². The molecule has 5 aliphatic rings. The lowest BCUT2D eigenvalue weighted by Crippen LogP contribution is -2.37. The third-order valence-electron chi connectivity index (χ3n) is 6.97. The molecule has 26 heavy (non-hydrogen) atoms. The van der Waals surface area contributed by atoms with Gasteiger partial charge in [0.15, 0.2) is 0 Å². The summed E-state index contributed by atoms with van der Waals surface area (Å²) in [6.07, 6.45) is 6.50. The number of hydrogen-bond donors (Lipinski definition) is 1. The Labute approximate surface area is 157 Å². The van der Waals surface area contributed by atoms with Crippen LogP contribution in [-0.2, 0) is 27.3 Å². The van der Waals surface area contributed by atoms with E-state index < -0.39 is 0 Å². The van der Waals surface area contributed by atoms with E-state index in [1.165, 1.54) is 30.6 Å². The van der Waals surface area contributed by atoms with Gasteiger partial charge in [0, 0.05) is 4.88 Å². The Balaban J connectivity index is 1.46. The molecule has 5 nitrogen and oxygen atoms in total. The van der Waals surface area contributed by atoms with Gasteiger partial charge in [-0.25, -0.2) is 4.79 Å². The number of ether oxygens (including phenoxy) is 2. The number of rotatable bonds is 4. The summed E-state index contributed by atoms with van der Waals surface area (Å²) in [5, 5.41) is 3.85. The molecular weight excluding hydrogens is 350 g/mol. The Hall–Kier alpha value is -1.40. The number of nitrogens with one attached hydrogen (secondary N) is 1. The molecule has 1 N–H and O–H groups in total. The molecule has 0 aromatic carbocycles. The first kappa shape index (κ1) is 16.8. The molecule has 0 spiro atoms. The lowest BCUT2D eigenvalue weighted by molar-refractivity contribution is -0.127. The number of carbonyl (C=O) groups excluding carboxylic acids is 2. The van der Waals surface area contributed by atoms with Gasteiger partial charge in [-0.15, -0.1) is 11.3 Å². The van der Waals surface area contributed by atoms with Crippen molar-refractivity contribution in [1.82, 2.24) is 0 Å². The van der Waals surface area contributed by atoms with Crippen molar-refractivity contribution in [2.45, 2.75) is 52.1 Å². The Morgan fingerprint density at radius 1 is 1.27 bits per heavy atom. The summed E-state index contributed by atoms with van der Waals surface area (Å²) >= 11 is 1.49. The van der Waals surface area contributed by atoms with Crippen molar-refractivity contribution in [3.63, 3.8) is 0 Å². The maximum atomic E-state index is 13.3. The van der Waals surface area contributed by atoms with Crippen LogP contribution in [0.5, 0.6) is 0 Å². The molecule has 1 aromatic rings. The van der Waals surface area contributed by atoms with E-state index in [0.717, 1.165) is 35.1 Å². The van der Waals surface area contributed by atoms with E-state index in [9.17, 15) is 9.59 Å². The fraction of sp³-hybridized carbons (Fsp3) is 0.700. The van der Waals surface area contributed by atoms with Gasteiger partial charge in [-0.2, -0.15) is 0 Å². The zero-order valence-corrected chi connectivity index (χ0v) is 16.0. The molecule has 1 aromatic heterocycles. The van der Waals surface area contributed by atoms with Crippen LogP contribution in [0.4, 0.5) is 5.00 Å². The molecule has 4 saturated carbocycles. The predicted octanol–water partition coefficient (Wildman–Crippen LogP) is 3.76. The van der Waals surface area contributed by atoms with Crippen molar-refractivity contribution in [2.24, 2.45) is 23.2 Å². The molecule has 0 saturated heterocycles. The normalized spacial score (nSPS) is 34.0. The molecule has 4 aliphatic carbocycles. The van der Waals surface area contributed by atoms with E-state index in [-0.39, 0.29) is 17.3 Å². The number of fused-ring (bicyclic) bond motifs is 1. The fourth-order valence-corrected chi connectivity index (χ4v) is 7.30. The summed E-state index contributed by atoms with van der Waals surface area (Å²) < 4.78 is 10.8. The number of carbonyl (C=O) groups is 2. The highest BCUT2D eigenvalue weighted by Crippen LogP contribution is 2.65. The first-order valence-electron chi connectivity index (χ1n) is 9.81. The highest BCUT2D eigenvalue weighted by molar-refractivity contribution is 7.17. The third-order valence-corrected chi connectivity index (χ3v) is 8.09. The number of hydrogen-bond acceptors (Lipinski definition) is 5. The first-order valence-corrected chi connectivity index (χ1v) is 10.6. The van der Waals surface area contributed by atoms with Crippen LogP contribution in [0, 0.1) is 23.2 Å². The lowest BCUT2D eigenvalue weighted by atomic mass is 9.75. The molecular formula is C20H25NO4S. The van der Waals surface area contributed by atoms with Gasteiger partial charge in [0.1, 0.15) is 5.00 Å². The number of anilines is 1. The summed E-state index contributed by atoms with van der Waals surface area (Å²) in [6.45, 7) is 3.27. The van der Waals surface area contributed by atoms with E-state index in [1.54, 1.807) is 0 Å². The van der Waals surface area contributed by atoms with E-state index in [1.807, 2.05) is 6.92 Å². The largest absolute Gasteiger partial charge is 0.462 e. The van der Waals surface area contributed by atoms with E-state index in [0.29, 0.717) is 42.7 Å². The fourth-order valence-electron chi connectivity index (χ4n) is 6.13. The predicted molar refractivity (Wildman–Crippen MR) is 98.3 cm³/mol. The third kappa shape index (κ3) is 2.38. The average molecular weight is 375 g/mol. The van der Waals surface area contributed by atoms with Gasteiger partial charge in [-0.3, -0.25) is 4.79 Å². The van der Waals surface area contributed by atoms with Crippen LogP contribution in [0.3, 0.4) is 0 Å². The molecule has 2 atom stereocenters. The highest BCUT2D eigenvalue weighted by Gasteiger charge is 2.61. The molecule has 1 amide bonds. The zero-order chi connectivity index (χ0) is 17.9. The molecule has 4 fully saturated rings. The van der Waals surface area contributed by atoms with Gasteiger partial charge in [0.25, 0.3) is 0 Å².